The minimum Gasteiger partial charge on any atom is -0.494 e. The number of carbonyl (C=O) groups is 1. The highest BCUT2D eigenvalue weighted by atomic mass is 35.5. The summed E-state index contributed by atoms with van der Waals surface area (Å²) in [4.78, 5) is 18.8. The number of hydrogen-bond donors (Lipinski definition) is 2. The van der Waals surface area contributed by atoms with Crippen molar-refractivity contribution >= 4 is 40.0 Å². The van der Waals surface area contributed by atoms with Gasteiger partial charge >= 0.3 is 0 Å². The molecule has 6 nitrogen and oxygen atoms in total. The molecule has 0 saturated carbocycles. The number of aryl methyl sites for hydroxylation is 2. The van der Waals surface area contributed by atoms with E-state index in [1.165, 1.54) is 0 Å². The van der Waals surface area contributed by atoms with E-state index >= 15 is 0 Å². The van der Waals surface area contributed by atoms with Gasteiger partial charge in [0.05, 0.1) is 10.9 Å². The molecule has 0 aliphatic heterocycles. The van der Waals surface area contributed by atoms with Crippen molar-refractivity contribution in [3.8, 4) is 17.0 Å². The Hall–Kier alpha value is -2.28. The number of hydrogen-bond acceptors (Lipinski definition) is 4. The standard InChI is InChI=1S/C22H26Cl2N4O2/c1-4-27(5-2)19(29)8-9-28-12-18-21(22(28)30)20(16(11-25)13(3)26-18)15-7-6-14(23)10-17(15)24/h6-7,10,12,30H,4-5,8-9,11,25H2,1-3H3. The molecule has 0 saturated heterocycles. The van der Waals surface area contributed by atoms with Crippen LogP contribution in [0.4, 0.5) is 0 Å². The van der Waals surface area contributed by atoms with Gasteiger partial charge < -0.3 is 20.3 Å². The Labute approximate surface area is 186 Å². The first-order valence-corrected chi connectivity index (χ1v) is 10.7. The van der Waals surface area contributed by atoms with Gasteiger partial charge in [0.2, 0.25) is 11.8 Å². The van der Waals surface area contributed by atoms with Gasteiger partial charge in [-0.15, -0.1) is 0 Å². The first-order chi connectivity index (χ1) is 14.3. The van der Waals surface area contributed by atoms with Gasteiger partial charge in [-0.2, -0.15) is 0 Å². The number of aromatic nitrogens is 2. The molecule has 30 heavy (non-hydrogen) atoms. The molecule has 0 spiro atoms. The number of rotatable bonds is 7. The van der Waals surface area contributed by atoms with Gasteiger partial charge in [0.15, 0.2) is 0 Å². The Morgan fingerprint density at radius 1 is 1.27 bits per heavy atom. The third kappa shape index (κ3) is 4.13. The molecule has 0 atom stereocenters. The summed E-state index contributed by atoms with van der Waals surface area (Å²) in [5.41, 5.74) is 9.70. The number of carbonyl (C=O) groups excluding carboxylic acids is 1. The van der Waals surface area contributed by atoms with Crippen molar-refractivity contribution in [3.05, 3.63) is 45.7 Å². The normalized spacial score (nSPS) is 11.3. The third-order valence-electron chi connectivity index (χ3n) is 5.39. The van der Waals surface area contributed by atoms with Gasteiger partial charge in [0.25, 0.3) is 0 Å². The second kappa shape index (κ2) is 9.25. The summed E-state index contributed by atoms with van der Waals surface area (Å²) in [5, 5.41) is 12.6. The zero-order chi connectivity index (χ0) is 22.0. The van der Waals surface area contributed by atoms with E-state index in [2.05, 4.69) is 4.98 Å². The van der Waals surface area contributed by atoms with Crippen LogP contribution in [0.3, 0.4) is 0 Å². The topological polar surface area (TPSA) is 84.4 Å². The molecule has 3 N–H and O–H groups in total. The first-order valence-electron chi connectivity index (χ1n) is 9.96. The second-order valence-electron chi connectivity index (χ2n) is 7.10. The Morgan fingerprint density at radius 3 is 2.57 bits per heavy atom. The van der Waals surface area contributed by atoms with Crippen LogP contribution in [0.15, 0.2) is 24.4 Å². The smallest absolute Gasteiger partial charge is 0.224 e. The monoisotopic (exact) mass is 448 g/mol. The van der Waals surface area contributed by atoms with E-state index in [0.29, 0.717) is 40.6 Å². The fourth-order valence-electron chi connectivity index (χ4n) is 3.80. The summed E-state index contributed by atoms with van der Waals surface area (Å²) in [5.74, 6) is 0.0884. The lowest BCUT2D eigenvalue weighted by Gasteiger charge is -2.18. The lowest BCUT2D eigenvalue weighted by molar-refractivity contribution is -0.131. The minimum atomic E-state index is 0.0422. The molecule has 1 amide bonds. The van der Waals surface area contributed by atoms with Crippen molar-refractivity contribution in [2.75, 3.05) is 13.1 Å². The molecule has 0 fully saturated rings. The van der Waals surface area contributed by atoms with E-state index in [1.807, 2.05) is 26.8 Å². The van der Waals surface area contributed by atoms with Crippen LogP contribution in [0.1, 0.15) is 31.5 Å². The van der Waals surface area contributed by atoms with E-state index in [0.717, 1.165) is 22.4 Å². The van der Waals surface area contributed by atoms with Crippen molar-refractivity contribution in [1.29, 1.82) is 0 Å². The fourth-order valence-corrected chi connectivity index (χ4v) is 4.30. The lowest BCUT2D eigenvalue weighted by Crippen LogP contribution is -2.31. The van der Waals surface area contributed by atoms with Gasteiger partial charge in [-0.1, -0.05) is 29.3 Å². The highest BCUT2D eigenvalue weighted by molar-refractivity contribution is 6.36. The molecule has 0 bridgehead atoms. The van der Waals surface area contributed by atoms with Crippen LogP contribution in [0.2, 0.25) is 10.0 Å². The Bertz CT molecular complexity index is 1090. The third-order valence-corrected chi connectivity index (χ3v) is 5.94. The number of nitrogens with two attached hydrogens (primary N) is 1. The van der Waals surface area contributed by atoms with Gasteiger partial charge in [-0.25, -0.2) is 0 Å². The maximum Gasteiger partial charge on any atom is 0.224 e. The molecule has 3 rings (SSSR count). The van der Waals surface area contributed by atoms with E-state index in [9.17, 15) is 9.90 Å². The van der Waals surface area contributed by atoms with Crippen LogP contribution < -0.4 is 5.73 Å². The van der Waals surface area contributed by atoms with E-state index in [4.69, 9.17) is 28.9 Å². The van der Waals surface area contributed by atoms with Crippen molar-refractivity contribution in [1.82, 2.24) is 14.5 Å². The number of amides is 1. The summed E-state index contributed by atoms with van der Waals surface area (Å²) < 4.78 is 1.66. The van der Waals surface area contributed by atoms with Gasteiger partial charge in [-0.3, -0.25) is 9.78 Å². The highest BCUT2D eigenvalue weighted by Crippen LogP contribution is 2.42. The van der Waals surface area contributed by atoms with E-state index in [1.54, 1.807) is 27.8 Å². The predicted octanol–water partition coefficient (Wildman–Crippen LogP) is 4.74. The molecule has 160 valence electrons. The molecule has 0 unspecified atom stereocenters. The molecule has 2 heterocycles. The van der Waals surface area contributed by atoms with E-state index in [-0.39, 0.29) is 24.8 Å². The molecular weight excluding hydrogens is 423 g/mol. The van der Waals surface area contributed by atoms with Gasteiger partial charge in [0, 0.05) is 65.7 Å². The zero-order valence-corrected chi connectivity index (χ0v) is 18.9. The molecule has 8 heteroatoms. The number of nitrogens with zero attached hydrogens (tertiary/aromatic N) is 3. The number of benzene rings is 1. The van der Waals surface area contributed by atoms with Crippen molar-refractivity contribution in [2.24, 2.45) is 5.73 Å². The fraction of sp³-hybridized carbons (Fsp3) is 0.364. The Morgan fingerprint density at radius 2 is 1.97 bits per heavy atom. The van der Waals surface area contributed by atoms with Crippen molar-refractivity contribution in [3.63, 3.8) is 0 Å². The molecular formula is C22H26Cl2N4O2. The summed E-state index contributed by atoms with van der Waals surface area (Å²) >= 11 is 12.6. The molecule has 2 aromatic heterocycles. The SMILES string of the molecule is CCN(CC)C(=O)CCn1cc2nc(C)c(CN)c(-c3ccc(Cl)cc3Cl)c2c1O. The van der Waals surface area contributed by atoms with Crippen LogP contribution in [0, 0.1) is 6.92 Å². The van der Waals surface area contributed by atoms with Crippen LogP contribution in [-0.4, -0.2) is 38.6 Å². The molecule has 0 radical (unpaired) electrons. The lowest BCUT2D eigenvalue weighted by atomic mass is 9.95. The van der Waals surface area contributed by atoms with Gasteiger partial charge in [-0.05, 0) is 38.5 Å². The van der Waals surface area contributed by atoms with Crippen LogP contribution in [0.5, 0.6) is 5.88 Å². The Kier molecular flexibility index (Phi) is 6.91. The zero-order valence-electron chi connectivity index (χ0n) is 17.4. The number of fused-ring (bicyclic) bond motifs is 1. The van der Waals surface area contributed by atoms with Crippen LogP contribution in [0.25, 0.3) is 22.0 Å². The van der Waals surface area contributed by atoms with Crippen LogP contribution in [-0.2, 0) is 17.9 Å². The Balaban J connectivity index is 2.13. The number of aromatic hydroxyl groups is 1. The molecule has 0 aliphatic rings. The number of pyridine rings is 1. The largest absolute Gasteiger partial charge is 0.494 e. The molecule has 0 aliphatic carbocycles. The maximum absolute atomic E-state index is 12.4. The second-order valence-corrected chi connectivity index (χ2v) is 7.95. The predicted molar refractivity (Wildman–Crippen MR) is 122 cm³/mol. The van der Waals surface area contributed by atoms with Gasteiger partial charge in [0.1, 0.15) is 0 Å². The molecule has 1 aromatic carbocycles. The average Bonchev–Trinajstić information content (AvgIpc) is 3.01. The van der Waals surface area contributed by atoms with Crippen molar-refractivity contribution < 1.29 is 9.90 Å². The summed E-state index contributed by atoms with van der Waals surface area (Å²) in [6.07, 6.45) is 2.05. The average molecular weight is 449 g/mol. The minimum absolute atomic E-state index is 0.0422. The maximum atomic E-state index is 12.4. The summed E-state index contributed by atoms with van der Waals surface area (Å²) in [6, 6.07) is 5.23. The molecule has 3 aromatic rings. The van der Waals surface area contributed by atoms with Crippen LogP contribution >= 0.6 is 23.2 Å². The quantitative estimate of drug-likeness (QED) is 0.546. The first kappa shape index (κ1) is 22.4. The number of halogens is 2. The summed E-state index contributed by atoms with van der Waals surface area (Å²) in [6.45, 7) is 7.70. The van der Waals surface area contributed by atoms with E-state index < -0.39 is 0 Å². The summed E-state index contributed by atoms with van der Waals surface area (Å²) in [7, 11) is 0. The van der Waals surface area contributed by atoms with Crippen molar-refractivity contribution in [2.45, 2.75) is 40.3 Å². The highest BCUT2D eigenvalue weighted by Gasteiger charge is 2.22.